The minimum atomic E-state index is -0.302. The highest BCUT2D eigenvalue weighted by molar-refractivity contribution is 5.93. The molecule has 1 atom stereocenters. The highest BCUT2D eigenvalue weighted by Gasteiger charge is 2.16. The van der Waals surface area contributed by atoms with Gasteiger partial charge in [-0.25, -0.2) is 0 Å². The molecule has 0 fully saturated rings. The first-order valence-electron chi connectivity index (χ1n) is 3.08. The summed E-state index contributed by atoms with van der Waals surface area (Å²) in [5.74, 6) is 0.0894. The van der Waals surface area contributed by atoms with E-state index in [1.165, 1.54) is 6.92 Å². The smallest absolute Gasteiger partial charge is 0.155 e. The lowest BCUT2D eigenvalue weighted by Gasteiger charge is -1.97. The van der Waals surface area contributed by atoms with Crippen LogP contribution in [0.25, 0.3) is 0 Å². The molecule has 9 heavy (non-hydrogen) atoms. The lowest BCUT2D eigenvalue weighted by atomic mass is 10.1. The predicted molar refractivity (Wildman–Crippen MR) is 34.0 cm³/mol. The fourth-order valence-electron chi connectivity index (χ4n) is 0.986. The highest BCUT2D eigenvalue weighted by Crippen LogP contribution is 2.18. The summed E-state index contributed by atoms with van der Waals surface area (Å²) in [5, 5.41) is 8.94. The number of hydrogen-bond acceptors (Lipinski definition) is 2. The molecule has 0 saturated heterocycles. The molecular formula is C7H10O2. The van der Waals surface area contributed by atoms with E-state index in [0.29, 0.717) is 12.8 Å². The van der Waals surface area contributed by atoms with Gasteiger partial charge in [-0.15, -0.1) is 0 Å². The molecule has 0 aromatic rings. The van der Waals surface area contributed by atoms with Gasteiger partial charge in [0.05, 0.1) is 6.10 Å². The molecule has 0 heterocycles. The number of hydrogen-bond donors (Lipinski definition) is 1. The molecule has 1 rings (SSSR count). The first-order chi connectivity index (χ1) is 4.20. The van der Waals surface area contributed by atoms with Gasteiger partial charge in [-0.3, -0.25) is 4.79 Å². The van der Waals surface area contributed by atoms with Crippen molar-refractivity contribution in [1.29, 1.82) is 0 Å². The molecule has 0 aliphatic heterocycles. The molecule has 1 aliphatic rings. The van der Waals surface area contributed by atoms with Crippen molar-refractivity contribution in [3.8, 4) is 0 Å². The lowest BCUT2D eigenvalue weighted by Crippen LogP contribution is -2.01. The minimum Gasteiger partial charge on any atom is -0.392 e. The summed E-state index contributed by atoms with van der Waals surface area (Å²) in [5.41, 5.74) is 0.780. The number of carbonyl (C=O) groups excluding carboxylic acids is 1. The average molecular weight is 126 g/mol. The van der Waals surface area contributed by atoms with Crippen LogP contribution in [0.5, 0.6) is 0 Å². The lowest BCUT2D eigenvalue weighted by molar-refractivity contribution is -0.113. The Morgan fingerprint density at radius 2 is 2.56 bits per heavy atom. The van der Waals surface area contributed by atoms with Crippen molar-refractivity contribution in [2.75, 3.05) is 0 Å². The fourth-order valence-corrected chi connectivity index (χ4v) is 0.986. The first-order valence-corrected chi connectivity index (χ1v) is 3.08. The summed E-state index contributed by atoms with van der Waals surface area (Å²) in [6.07, 6.45) is 2.71. The van der Waals surface area contributed by atoms with Gasteiger partial charge >= 0.3 is 0 Å². The van der Waals surface area contributed by atoms with Gasteiger partial charge in [0.2, 0.25) is 0 Å². The predicted octanol–water partition coefficient (Wildman–Crippen LogP) is 0.656. The van der Waals surface area contributed by atoms with Gasteiger partial charge in [0.1, 0.15) is 0 Å². The molecule has 0 spiro atoms. The molecule has 0 radical (unpaired) electrons. The van der Waals surface area contributed by atoms with Crippen LogP contribution in [-0.2, 0) is 4.79 Å². The summed E-state index contributed by atoms with van der Waals surface area (Å²) in [7, 11) is 0. The summed E-state index contributed by atoms with van der Waals surface area (Å²) >= 11 is 0. The molecule has 1 N–H and O–H groups in total. The zero-order chi connectivity index (χ0) is 6.85. The van der Waals surface area contributed by atoms with E-state index in [0.717, 1.165) is 5.57 Å². The molecule has 0 aromatic carbocycles. The number of aliphatic hydroxyl groups is 1. The number of aliphatic hydroxyl groups excluding tert-OH is 1. The summed E-state index contributed by atoms with van der Waals surface area (Å²) in [4.78, 5) is 10.6. The highest BCUT2D eigenvalue weighted by atomic mass is 16.3. The third-order valence-electron chi connectivity index (χ3n) is 1.54. The number of ketones is 1. The Balaban J connectivity index is 2.55. The van der Waals surface area contributed by atoms with Crippen LogP contribution in [-0.4, -0.2) is 17.0 Å². The van der Waals surface area contributed by atoms with Crippen LogP contribution < -0.4 is 0 Å². The van der Waals surface area contributed by atoms with Gasteiger partial charge in [0.25, 0.3) is 0 Å². The van der Waals surface area contributed by atoms with E-state index in [9.17, 15) is 4.79 Å². The normalized spacial score (nSPS) is 26.0. The third kappa shape index (κ3) is 1.39. The molecule has 1 aliphatic carbocycles. The molecule has 2 nitrogen and oxygen atoms in total. The topological polar surface area (TPSA) is 37.3 Å². The summed E-state index contributed by atoms with van der Waals surface area (Å²) < 4.78 is 0. The maximum atomic E-state index is 10.6. The second-order valence-electron chi connectivity index (χ2n) is 2.38. The molecule has 0 bridgehead atoms. The molecule has 0 amide bonds. The van der Waals surface area contributed by atoms with Gasteiger partial charge in [-0.05, 0) is 18.9 Å². The van der Waals surface area contributed by atoms with Crippen LogP contribution in [0.3, 0.4) is 0 Å². The molecule has 0 saturated carbocycles. The van der Waals surface area contributed by atoms with Gasteiger partial charge in [-0.2, -0.15) is 0 Å². The second-order valence-corrected chi connectivity index (χ2v) is 2.38. The molecular weight excluding hydrogens is 116 g/mol. The van der Waals surface area contributed by atoms with Crippen LogP contribution in [0.2, 0.25) is 0 Å². The van der Waals surface area contributed by atoms with Crippen LogP contribution in [0, 0.1) is 0 Å². The summed E-state index contributed by atoms with van der Waals surface area (Å²) in [6.45, 7) is 1.53. The average Bonchev–Trinajstić information content (AvgIpc) is 2.14. The van der Waals surface area contributed by atoms with E-state index in [4.69, 9.17) is 5.11 Å². The van der Waals surface area contributed by atoms with Crippen molar-refractivity contribution in [2.45, 2.75) is 25.9 Å². The van der Waals surface area contributed by atoms with E-state index in [1.54, 1.807) is 0 Å². The largest absolute Gasteiger partial charge is 0.392 e. The Kier molecular flexibility index (Phi) is 1.67. The van der Waals surface area contributed by atoms with Crippen molar-refractivity contribution in [3.05, 3.63) is 11.6 Å². The quantitative estimate of drug-likeness (QED) is 0.560. The van der Waals surface area contributed by atoms with Crippen LogP contribution >= 0.6 is 0 Å². The van der Waals surface area contributed by atoms with Crippen molar-refractivity contribution in [3.63, 3.8) is 0 Å². The molecule has 2 heteroatoms. The fraction of sp³-hybridized carbons (Fsp3) is 0.571. The second kappa shape index (κ2) is 2.31. The van der Waals surface area contributed by atoms with Crippen LogP contribution in [0.15, 0.2) is 11.6 Å². The minimum absolute atomic E-state index is 0.0894. The van der Waals surface area contributed by atoms with Crippen molar-refractivity contribution in [1.82, 2.24) is 0 Å². The zero-order valence-electron chi connectivity index (χ0n) is 5.42. The van der Waals surface area contributed by atoms with E-state index in [1.807, 2.05) is 6.08 Å². The molecule has 50 valence electrons. The van der Waals surface area contributed by atoms with E-state index >= 15 is 0 Å². The van der Waals surface area contributed by atoms with Gasteiger partial charge in [-0.1, -0.05) is 6.08 Å². The third-order valence-corrected chi connectivity index (χ3v) is 1.54. The van der Waals surface area contributed by atoms with E-state index in [-0.39, 0.29) is 11.9 Å². The monoisotopic (exact) mass is 126 g/mol. The Labute approximate surface area is 54.2 Å². The number of carbonyl (C=O) groups is 1. The van der Waals surface area contributed by atoms with Crippen molar-refractivity contribution in [2.24, 2.45) is 0 Å². The maximum Gasteiger partial charge on any atom is 0.155 e. The Hall–Kier alpha value is -0.630. The Bertz CT molecular complexity index is 158. The van der Waals surface area contributed by atoms with Crippen LogP contribution in [0.4, 0.5) is 0 Å². The van der Waals surface area contributed by atoms with Gasteiger partial charge in [0, 0.05) is 6.42 Å². The first kappa shape index (κ1) is 6.49. The van der Waals surface area contributed by atoms with Gasteiger partial charge < -0.3 is 5.11 Å². The standard InChI is InChI=1S/C7H10O2/c1-5(8)6-2-3-7(9)4-6/h2,7,9H,3-4H2,1H3. The van der Waals surface area contributed by atoms with Crippen molar-refractivity contribution >= 4 is 5.78 Å². The maximum absolute atomic E-state index is 10.6. The SMILES string of the molecule is CC(=O)C1=CCC(O)C1. The number of rotatable bonds is 1. The molecule has 0 aromatic heterocycles. The van der Waals surface area contributed by atoms with Crippen LogP contribution in [0.1, 0.15) is 19.8 Å². The zero-order valence-corrected chi connectivity index (χ0v) is 5.42. The van der Waals surface area contributed by atoms with E-state index in [2.05, 4.69) is 0 Å². The summed E-state index contributed by atoms with van der Waals surface area (Å²) in [6, 6.07) is 0. The van der Waals surface area contributed by atoms with E-state index < -0.39 is 0 Å². The molecule has 1 unspecified atom stereocenters. The Morgan fingerprint density at radius 3 is 2.78 bits per heavy atom. The Morgan fingerprint density at radius 1 is 1.89 bits per heavy atom. The number of Topliss-reactive ketones (excluding diaryl/α,β-unsaturated/α-hetero) is 1. The van der Waals surface area contributed by atoms with Crippen molar-refractivity contribution < 1.29 is 9.90 Å². The van der Waals surface area contributed by atoms with Gasteiger partial charge in [0.15, 0.2) is 5.78 Å².